The van der Waals surface area contributed by atoms with Gasteiger partial charge in [-0.3, -0.25) is 0 Å². The van der Waals surface area contributed by atoms with Crippen molar-refractivity contribution in [1.82, 2.24) is 0 Å². The number of ether oxygens (including phenoxy) is 1. The van der Waals surface area contributed by atoms with Crippen molar-refractivity contribution in [3.05, 3.63) is 0 Å². The molecule has 2 rings (SSSR count). The summed E-state index contributed by atoms with van der Waals surface area (Å²) in [6, 6.07) is 0. The highest BCUT2D eigenvalue weighted by atomic mass is 16.6. The van der Waals surface area contributed by atoms with Crippen LogP contribution in [0.4, 0.5) is 4.79 Å². The summed E-state index contributed by atoms with van der Waals surface area (Å²) < 4.78 is 4.82. The van der Waals surface area contributed by atoms with Gasteiger partial charge in [-0.1, -0.05) is 12.0 Å². The van der Waals surface area contributed by atoms with E-state index < -0.39 is 6.09 Å². The number of cyclic esters (lactones) is 1. The van der Waals surface area contributed by atoms with Gasteiger partial charge in [0.1, 0.15) is 0 Å². The smallest absolute Gasteiger partial charge is 0.419 e. The Labute approximate surface area is 58.3 Å². The van der Waals surface area contributed by atoms with Crippen LogP contribution in [0.3, 0.4) is 0 Å². The van der Waals surface area contributed by atoms with E-state index in [-0.39, 0.29) is 11.6 Å². The van der Waals surface area contributed by atoms with E-state index in [1.807, 2.05) is 0 Å². The Morgan fingerprint density at radius 2 is 2.40 bits per heavy atom. The van der Waals surface area contributed by atoms with E-state index in [1.165, 1.54) is 0 Å². The van der Waals surface area contributed by atoms with Crippen LogP contribution in [-0.2, 0) is 4.74 Å². The van der Waals surface area contributed by atoms with Crippen molar-refractivity contribution >= 4 is 6.09 Å². The molecule has 1 saturated carbocycles. The van der Waals surface area contributed by atoms with Gasteiger partial charge in [-0.2, -0.15) is 0 Å². The number of carbonyl (C=O) groups is 1. The summed E-state index contributed by atoms with van der Waals surface area (Å²) in [7, 11) is 0. The molecule has 1 aliphatic carbocycles. The second-order valence-electron chi connectivity index (χ2n) is 3.11. The molecule has 1 amide bonds. The molecule has 1 unspecified atom stereocenters. The van der Waals surface area contributed by atoms with Gasteiger partial charge in [0.15, 0.2) is 0 Å². The van der Waals surface area contributed by atoms with Crippen LogP contribution in [0, 0.1) is 5.41 Å². The van der Waals surface area contributed by atoms with Crippen LogP contribution < -0.4 is 0 Å². The second kappa shape index (κ2) is 1.56. The van der Waals surface area contributed by atoms with E-state index in [2.05, 4.69) is 17.2 Å². The summed E-state index contributed by atoms with van der Waals surface area (Å²) in [5.41, 5.74) is 0.107. The van der Waals surface area contributed by atoms with Gasteiger partial charge in [0, 0.05) is 5.41 Å². The van der Waals surface area contributed by atoms with Gasteiger partial charge >= 0.3 is 6.09 Å². The summed E-state index contributed by atoms with van der Waals surface area (Å²) >= 11 is 0. The van der Waals surface area contributed by atoms with Crippen LogP contribution in [0.5, 0.6) is 0 Å². The predicted octanol–water partition coefficient (Wildman–Crippen LogP) is 1.72. The van der Waals surface area contributed by atoms with Crippen molar-refractivity contribution in [3.63, 3.8) is 0 Å². The fourth-order valence-electron chi connectivity index (χ4n) is 0.968. The van der Waals surface area contributed by atoms with E-state index in [0.717, 1.165) is 12.8 Å². The summed E-state index contributed by atoms with van der Waals surface area (Å²) in [6.07, 6.45) is 1.34. The molecule has 0 aromatic rings. The van der Waals surface area contributed by atoms with Crippen LogP contribution in [0.25, 0.3) is 0 Å². The first kappa shape index (κ1) is 5.82. The van der Waals surface area contributed by atoms with Crippen LogP contribution in [0.1, 0.15) is 19.8 Å². The molecule has 4 heteroatoms. The molecule has 1 heterocycles. The summed E-state index contributed by atoms with van der Waals surface area (Å²) in [6.45, 7) is 2.05. The van der Waals surface area contributed by atoms with Gasteiger partial charge in [0.25, 0.3) is 0 Å². The van der Waals surface area contributed by atoms with Crippen LogP contribution >= 0.6 is 0 Å². The predicted molar refractivity (Wildman–Crippen MR) is 32.5 cm³/mol. The third-order valence-electron chi connectivity index (χ3n) is 2.09. The Bertz CT molecular complexity index is 208. The van der Waals surface area contributed by atoms with Gasteiger partial charge < -0.3 is 4.74 Å². The highest BCUT2D eigenvalue weighted by Gasteiger charge is 2.49. The number of azo groups is 1. The highest BCUT2D eigenvalue weighted by Crippen LogP contribution is 2.50. The lowest BCUT2D eigenvalue weighted by molar-refractivity contribution is 0.0910. The van der Waals surface area contributed by atoms with Crippen molar-refractivity contribution in [2.75, 3.05) is 0 Å². The van der Waals surface area contributed by atoms with E-state index in [1.54, 1.807) is 0 Å². The van der Waals surface area contributed by atoms with E-state index in [4.69, 9.17) is 4.74 Å². The van der Waals surface area contributed by atoms with Gasteiger partial charge in [0.05, 0.1) is 0 Å². The fraction of sp³-hybridized carbons (Fsp3) is 0.833. The minimum absolute atomic E-state index is 0.107. The molecule has 0 aromatic heterocycles. The highest BCUT2D eigenvalue weighted by molar-refractivity contribution is 5.69. The molecule has 10 heavy (non-hydrogen) atoms. The normalized spacial score (nSPS) is 34.1. The van der Waals surface area contributed by atoms with Gasteiger partial charge in [-0.25, -0.2) is 4.79 Å². The first-order valence-corrected chi connectivity index (χ1v) is 3.32. The molecule has 1 fully saturated rings. The van der Waals surface area contributed by atoms with Crippen molar-refractivity contribution < 1.29 is 9.53 Å². The number of nitrogens with zero attached hydrogens (tertiary/aromatic N) is 2. The molecule has 0 radical (unpaired) electrons. The topological polar surface area (TPSA) is 51.0 Å². The second-order valence-corrected chi connectivity index (χ2v) is 3.11. The number of carbonyl (C=O) groups excluding carboxylic acids is 1. The zero-order valence-corrected chi connectivity index (χ0v) is 5.70. The molecule has 0 spiro atoms. The monoisotopic (exact) mass is 140 g/mol. The van der Waals surface area contributed by atoms with E-state index in [0.29, 0.717) is 0 Å². The lowest BCUT2D eigenvalue weighted by atomic mass is 10.1. The molecule has 1 aliphatic heterocycles. The molecule has 0 bridgehead atoms. The number of hydrogen-bond acceptors (Lipinski definition) is 3. The fourth-order valence-corrected chi connectivity index (χ4v) is 0.968. The number of hydrogen-bond donors (Lipinski definition) is 0. The summed E-state index contributed by atoms with van der Waals surface area (Å²) in [4.78, 5) is 10.4. The molecular formula is C6H8N2O2. The first-order valence-electron chi connectivity index (χ1n) is 3.32. The summed E-state index contributed by atoms with van der Waals surface area (Å²) in [5, 5.41) is 6.99. The number of rotatable bonds is 1. The first-order chi connectivity index (χ1) is 4.71. The van der Waals surface area contributed by atoms with Crippen LogP contribution in [0.15, 0.2) is 10.2 Å². The zero-order valence-electron chi connectivity index (χ0n) is 5.70. The molecule has 54 valence electrons. The molecule has 0 N–H and O–H groups in total. The Morgan fingerprint density at radius 3 is 2.80 bits per heavy atom. The molecule has 0 aromatic carbocycles. The third-order valence-corrected chi connectivity index (χ3v) is 2.09. The van der Waals surface area contributed by atoms with Gasteiger partial charge in [-0.05, 0) is 12.8 Å². The van der Waals surface area contributed by atoms with Crippen LogP contribution in [-0.4, -0.2) is 12.3 Å². The summed E-state index contributed by atoms with van der Waals surface area (Å²) in [5.74, 6) is 0. The molecule has 4 nitrogen and oxygen atoms in total. The van der Waals surface area contributed by atoms with Crippen molar-refractivity contribution in [3.8, 4) is 0 Å². The average Bonchev–Trinajstić information content (AvgIpc) is 2.45. The maximum absolute atomic E-state index is 10.4. The van der Waals surface area contributed by atoms with Crippen molar-refractivity contribution in [2.45, 2.75) is 26.0 Å². The Morgan fingerprint density at radius 1 is 1.70 bits per heavy atom. The lowest BCUT2D eigenvalue weighted by Gasteiger charge is -2.10. The van der Waals surface area contributed by atoms with Crippen molar-refractivity contribution in [1.29, 1.82) is 0 Å². The van der Waals surface area contributed by atoms with Crippen LogP contribution in [0.2, 0.25) is 0 Å². The Hall–Kier alpha value is -0.930. The maximum Gasteiger partial charge on any atom is 0.454 e. The SMILES string of the molecule is CC1(C2N=NC(=O)O2)CC1. The Balaban J connectivity index is 2.09. The van der Waals surface area contributed by atoms with Gasteiger partial charge in [-0.15, -0.1) is 5.11 Å². The minimum atomic E-state index is -0.543. The molecular weight excluding hydrogens is 132 g/mol. The average molecular weight is 140 g/mol. The van der Waals surface area contributed by atoms with E-state index in [9.17, 15) is 4.79 Å². The quantitative estimate of drug-likeness (QED) is 0.556. The minimum Gasteiger partial charge on any atom is -0.419 e. The van der Waals surface area contributed by atoms with Gasteiger partial charge in [0.2, 0.25) is 6.23 Å². The largest absolute Gasteiger partial charge is 0.454 e. The number of amides is 1. The van der Waals surface area contributed by atoms with Crippen molar-refractivity contribution in [2.24, 2.45) is 15.6 Å². The zero-order chi connectivity index (χ0) is 7.19. The van der Waals surface area contributed by atoms with E-state index >= 15 is 0 Å². The molecule has 2 aliphatic rings. The third kappa shape index (κ3) is 0.716. The lowest BCUT2D eigenvalue weighted by Crippen LogP contribution is -2.17. The molecule has 1 atom stereocenters. The Kier molecular flexibility index (Phi) is 0.910. The molecule has 0 saturated heterocycles. The maximum atomic E-state index is 10.4. The standard InChI is InChI=1S/C6H8N2O2/c1-6(2-3-6)4-7-8-5(9)10-4/h4H,2-3H2,1H3.